The van der Waals surface area contributed by atoms with Gasteiger partial charge in [-0.2, -0.15) is 5.10 Å². The normalized spacial score (nSPS) is 13.9. The van der Waals surface area contributed by atoms with Crippen LogP contribution in [0.1, 0.15) is 72.8 Å². The molecule has 0 radical (unpaired) electrons. The van der Waals surface area contributed by atoms with E-state index >= 15 is 0 Å². The van der Waals surface area contributed by atoms with Gasteiger partial charge in [0.1, 0.15) is 0 Å². The summed E-state index contributed by atoms with van der Waals surface area (Å²) in [7, 11) is 0. The minimum atomic E-state index is 0.237. The van der Waals surface area contributed by atoms with Crippen LogP contribution in [0.15, 0.2) is 30.3 Å². The third kappa shape index (κ3) is 4.25. The Balaban J connectivity index is 1.47. The molecule has 1 aliphatic rings. The van der Waals surface area contributed by atoms with Crippen LogP contribution in [0.25, 0.3) is 5.65 Å². The molecule has 158 valence electrons. The molecule has 2 aromatic heterocycles. The minimum absolute atomic E-state index is 0.237. The Hall–Kier alpha value is -2.69. The van der Waals surface area contributed by atoms with E-state index in [4.69, 9.17) is 4.98 Å². The SMILES string of the molecule is Cc1cc2nc(C)c(CCC(=O)N(Cc3ccc(C(C)C)cc3)C3CC3)c(C)n2n1. The first-order chi connectivity index (χ1) is 14.3. The van der Waals surface area contributed by atoms with Crippen molar-refractivity contribution in [1.29, 1.82) is 0 Å². The van der Waals surface area contributed by atoms with E-state index in [0.29, 0.717) is 31.3 Å². The van der Waals surface area contributed by atoms with Crippen molar-refractivity contribution in [3.8, 4) is 0 Å². The van der Waals surface area contributed by atoms with Crippen molar-refractivity contribution in [3.63, 3.8) is 0 Å². The molecule has 0 N–H and O–H groups in total. The van der Waals surface area contributed by atoms with Gasteiger partial charge in [-0.15, -0.1) is 0 Å². The second-order valence-corrected chi connectivity index (χ2v) is 8.97. The zero-order valence-corrected chi connectivity index (χ0v) is 18.8. The smallest absolute Gasteiger partial charge is 0.223 e. The second-order valence-electron chi connectivity index (χ2n) is 8.97. The number of hydrogen-bond donors (Lipinski definition) is 0. The lowest BCUT2D eigenvalue weighted by atomic mass is 10.0. The van der Waals surface area contributed by atoms with Gasteiger partial charge in [-0.25, -0.2) is 9.50 Å². The molecule has 0 atom stereocenters. The van der Waals surface area contributed by atoms with E-state index in [9.17, 15) is 4.79 Å². The maximum atomic E-state index is 13.2. The largest absolute Gasteiger partial charge is 0.335 e. The maximum absolute atomic E-state index is 13.2. The fraction of sp³-hybridized carbons (Fsp3) is 0.480. The van der Waals surface area contributed by atoms with Crippen molar-refractivity contribution in [1.82, 2.24) is 19.5 Å². The first-order valence-electron chi connectivity index (χ1n) is 11.0. The molecule has 0 bridgehead atoms. The first-order valence-corrected chi connectivity index (χ1v) is 11.0. The van der Waals surface area contributed by atoms with E-state index in [-0.39, 0.29) is 5.91 Å². The Bertz CT molecular complexity index is 1060. The Morgan fingerprint density at radius 1 is 1.17 bits per heavy atom. The number of hydrogen-bond acceptors (Lipinski definition) is 3. The van der Waals surface area contributed by atoms with Gasteiger partial charge in [0.15, 0.2) is 5.65 Å². The average Bonchev–Trinajstić information content (AvgIpc) is 3.47. The molecular weight excluding hydrogens is 372 g/mol. The van der Waals surface area contributed by atoms with Gasteiger partial charge < -0.3 is 4.90 Å². The molecule has 1 aromatic carbocycles. The van der Waals surface area contributed by atoms with Crippen LogP contribution in [-0.2, 0) is 17.8 Å². The highest BCUT2D eigenvalue weighted by atomic mass is 16.2. The zero-order valence-electron chi connectivity index (χ0n) is 18.8. The summed E-state index contributed by atoms with van der Waals surface area (Å²) in [5, 5.41) is 4.55. The highest BCUT2D eigenvalue weighted by Gasteiger charge is 2.32. The van der Waals surface area contributed by atoms with E-state index in [0.717, 1.165) is 41.1 Å². The summed E-state index contributed by atoms with van der Waals surface area (Å²) < 4.78 is 1.90. The molecule has 3 aromatic rings. The molecule has 1 amide bonds. The molecule has 4 rings (SSSR count). The van der Waals surface area contributed by atoms with Gasteiger partial charge in [-0.05, 0) is 62.6 Å². The van der Waals surface area contributed by atoms with E-state index in [1.54, 1.807) is 0 Å². The molecule has 1 saturated carbocycles. The van der Waals surface area contributed by atoms with E-state index in [1.807, 2.05) is 24.4 Å². The average molecular weight is 405 g/mol. The number of amides is 1. The van der Waals surface area contributed by atoms with Crippen molar-refractivity contribution in [2.24, 2.45) is 0 Å². The van der Waals surface area contributed by atoms with Gasteiger partial charge >= 0.3 is 0 Å². The molecule has 1 aliphatic carbocycles. The molecule has 5 heteroatoms. The summed E-state index contributed by atoms with van der Waals surface area (Å²) in [6, 6.07) is 11.1. The third-order valence-corrected chi connectivity index (χ3v) is 6.18. The van der Waals surface area contributed by atoms with Crippen LogP contribution in [-0.4, -0.2) is 31.4 Å². The van der Waals surface area contributed by atoms with Crippen molar-refractivity contribution in [3.05, 3.63) is 64.1 Å². The molecule has 0 aliphatic heterocycles. The molecule has 5 nitrogen and oxygen atoms in total. The number of aryl methyl sites for hydroxylation is 3. The van der Waals surface area contributed by atoms with Gasteiger partial charge in [-0.1, -0.05) is 38.1 Å². The lowest BCUT2D eigenvalue weighted by Crippen LogP contribution is -2.32. The van der Waals surface area contributed by atoms with Crippen molar-refractivity contribution < 1.29 is 4.79 Å². The van der Waals surface area contributed by atoms with Gasteiger partial charge in [0, 0.05) is 36.5 Å². The molecule has 30 heavy (non-hydrogen) atoms. The lowest BCUT2D eigenvalue weighted by Gasteiger charge is -2.23. The number of carbonyl (C=O) groups is 1. The topological polar surface area (TPSA) is 50.5 Å². The van der Waals surface area contributed by atoms with Crippen molar-refractivity contribution in [2.75, 3.05) is 0 Å². The highest BCUT2D eigenvalue weighted by molar-refractivity contribution is 5.77. The van der Waals surface area contributed by atoms with Crippen LogP contribution in [0.4, 0.5) is 0 Å². The number of benzene rings is 1. The van der Waals surface area contributed by atoms with Crippen LogP contribution in [0.2, 0.25) is 0 Å². The van der Waals surface area contributed by atoms with Gasteiger partial charge in [0.05, 0.1) is 5.69 Å². The Morgan fingerprint density at radius 2 is 1.87 bits per heavy atom. The molecule has 0 spiro atoms. The van der Waals surface area contributed by atoms with Gasteiger partial charge in [0.2, 0.25) is 5.91 Å². The number of carbonyl (C=O) groups excluding carboxylic acids is 1. The molecule has 0 unspecified atom stereocenters. The summed E-state index contributed by atoms with van der Waals surface area (Å²) in [5.41, 5.74) is 7.60. The Morgan fingerprint density at radius 3 is 2.50 bits per heavy atom. The predicted octanol–water partition coefficient (Wildman–Crippen LogP) is 4.90. The molecular formula is C25H32N4O. The summed E-state index contributed by atoms with van der Waals surface area (Å²) in [5.74, 6) is 0.761. The quantitative estimate of drug-likeness (QED) is 0.563. The Kier molecular flexibility index (Phi) is 5.63. The maximum Gasteiger partial charge on any atom is 0.223 e. The van der Waals surface area contributed by atoms with Crippen LogP contribution >= 0.6 is 0 Å². The van der Waals surface area contributed by atoms with Gasteiger partial charge in [0.25, 0.3) is 0 Å². The standard InChI is InChI=1S/C25H32N4O/c1-16(2)21-8-6-20(7-9-21)15-28(22-10-11-22)25(30)13-12-23-18(4)26-24-14-17(3)27-29(24)19(23)5/h6-9,14,16,22H,10-13,15H2,1-5H3. The zero-order chi connectivity index (χ0) is 21.4. The van der Waals surface area contributed by atoms with Crippen LogP contribution in [0.5, 0.6) is 0 Å². The van der Waals surface area contributed by atoms with E-state index < -0.39 is 0 Å². The number of rotatable bonds is 7. The van der Waals surface area contributed by atoms with Crippen LogP contribution in [0.3, 0.4) is 0 Å². The summed E-state index contributed by atoms with van der Waals surface area (Å²) in [4.78, 5) is 19.9. The third-order valence-electron chi connectivity index (χ3n) is 6.18. The summed E-state index contributed by atoms with van der Waals surface area (Å²) in [6.45, 7) is 11.2. The summed E-state index contributed by atoms with van der Waals surface area (Å²) >= 11 is 0. The van der Waals surface area contributed by atoms with Gasteiger partial charge in [-0.3, -0.25) is 4.79 Å². The van der Waals surface area contributed by atoms with Crippen LogP contribution in [0, 0.1) is 20.8 Å². The van der Waals surface area contributed by atoms with E-state index in [1.165, 1.54) is 11.1 Å². The summed E-state index contributed by atoms with van der Waals surface area (Å²) in [6.07, 6.45) is 3.45. The fourth-order valence-corrected chi connectivity index (χ4v) is 4.19. The van der Waals surface area contributed by atoms with E-state index in [2.05, 4.69) is 55.0 Å². The monoisotopic (exact) mass is 404 g/mol. The van der Waals surface area contributed by atoms with Crippen LogP contribution < -0.4 is 0 Å². The minimum Gasteiger partial charge on any atom is -0.335 e. The fourth-order valence-electron chi connectivity index (χ4n) is 4.19. The lowest BCUT2D eigenvalue weighted by molar-refractivity contribution is -0.132. The van der Waals surface area contributed by atoms with Crippen molar-refractivity contribution in [2.45, 2.75) is 78.8 Å². The first kappa shape index (κ1) is 20.6. The molecule has 0 saturated heterocycles. The molecule has 2 heterocycles. The number of nitrogens with zero attached hydrogens (tertiary/aromatic N) is 4. The number of aromatic nitrogens is 3. The predicted molar refractivity (Wildman–Crippen MR) is 120 cm³/mol. The second kappa shape index (κ2) is 8.21. The Labute approximate surface area is 179 Å². The molecule has 1 fully saturated rings. The highest BCUT2D eigenvalue weighted by Crippen LogP contribution is 2.30. The number of fused-ring (bicyclic) bond motifs is 1. The van der Waals surface area contributed by atoms with Crippen molar-refractivity contribution >= 4 is 11.6 Å².